The van der Waals surface area contributed by atoms with Gasteiger partial charge in [-0.05, 0) is 28.1 Å². The monoisotopic (exact) mass is 403 g/mol. The standard InChI is InChI=1S/C18H22BrN5O/c1-18(2,3)17-22-13(11-25-4)7-15(23-17)20-8-14-10-24-9-12(19)5-6-16(24)21-14/h5-7,9-10H,8,11H2,1-4H3,(H,20,22,23). The SMILES string of the molecule is COCc1cc(NCc2cn3cc(Br)ccc3n2)nc(C(C)(C)C)n1. The molecule has 0 radical (unpaired) electrons. The van der Waals surface area contributed by atoms with Gasteiger partial charge in [-0.2, -0.15) is 0 Å². The van der Waals surface area contributed by atoms with Gasteiger partial charge in [0.15, 0.2) is 0 Å². The lowest BCUT2D eigenvalue weighted by Gasteiger charge is -2.18. The van der Waals surface area contributed by atoms with Crippen molar-refractivity contribution in [1.29, 1.82) is 0 Å². The zero-order valence-corrected chi connectivity index (χ0v) is 16.5. The maximum absolute atomic E-state index is 5.23. The fourth-order valence-corrected chi connectivity index (χ4v) is 2.78. The molecule has 0 saturated carbocycles. The quantitative estimate of drug-likeness (QED) is 0.698. The molecule has 0 unspecified atom stereocenters. The van der Waals surface area contributed by atoms with E-state index in [2.05, 4.69) is 57.0 Å². The van der Waals surface area contributed by atoms with E-state index in [1.54, 1.807) is 7.11 Å². The van der Waals surface area contributed by atoms with Crippen LogP contribution in [0.5, 0.6) is 0 Å². The largest absolute Gasteiger partial charge is 0.378 e. The number of hydrogen-bond acceptors (Lipinski definition) is 5. The van der Waals surface area contributed by atoms with Gasteiger partial charge in [-0.15, -0.1) is 0 Å². The van der Waals surface area contributed by atoms with E-state index >= 15 is 0 Å². The highest BCUT2D eigenvalue weighted by molar-refractivity contribution is 9.10. The number of aromatic nitrogens is 4. The molecule has 0 spiro atoms. The van der Waals surface area contributed by atoms with Crippen LogP contribution in [-0.4, -0.2) is 26.5 Å². The second-order valence-electron chi connectivity index (χ2n) is 6.95. The zero-order valence-electron chi connectivity index (χ0n) is 14.9. The van der Waals surface area contributed by atoms with Crippen molar-refractivity contribution < 1.29 is 4.74 Å². The van der Waals surface area contributed by atoms with E-state index in [-0.39, 0.29) is 5.41 Å². The Morgan fingerprint density at radius 2 is 1.92 bits per heavy atom. The van der Waals surface area contributed by atoms with Crippen LogP contribution in [0, 0.1) is 0 Å². The number of ether oxygens (including phenoxy) is 1. The molecule has 1 N–H and O–H groups in total. The second kappa shape index (κ2) is 7.09. The van der Waals surface area contributed by atoms with Gasteiger partial charge in [-0.1, -0.05) is 20.8 Å². The highest BCUT2D eigenvalue weighted by Gasteiger charge is 2.19. The summed E-state index contributed by atoms with van der Waals surface area (Å²) < 4.78 is 8.24. The number of nitrogens with one attached hydrogen (secondary N) is 1. The molecular formula is C18H22BrN5O. The minimum atomic E-state index is -0.129. The predicted octanol–water partition coefficient (Wildman–Crippen LogP) is 3.94. The summed E-state index contributed by atoms with van der Waals surface area (Å²) in [6.07, 6.45) is 4.00. The summed E-state index contributed by atoms with van der Waals surface area (Å²) in [5.74, 6) is 1.58. The van der Waals surface area contributed by atoms with E-state index in [1.807, 2.05) is 35.0 Å². The summed E-state index contributed by atoms with van der Waals surface area (Å²) in [6, 6.07) is 5.88. The predicted molar refractivity (Wildman–Crippen MR) is 102 cm³/mol. The summed E-state index contributed by atoms with van der Waals surface area (Å²) in [5.41, 5.74) is 2.60. The number of pyridine rings is 1. The third-order valence-electron chi connectivity index (χ3n) is 3.66. The van der Waals surface area contributed by atoms with Gasteiger partial charge in [-0.25, -0.2) is 15.0 Å². The van der Waals surface area contributed by atoms with Crippen molar-refractivity contribution in [3.8, 4) is 0 Å². The maximum Gasteiger partial charge on any atom is 0.137 e. The van der Waals surface area contributed by atoms with Crippen molar-refractivity contribution in [2.24, 2.45) is 0 Å². The molecule has 0 aliphatic rings. The molecule has 0 fully saturated rings. The van der Waals surface area contributed by atoms with Gasteiger partial charge < -0.3 is 14.5 Å². The third kappa shape index (κ3) is 4.35. The first-order chi connectivity index (χ1) is 11.8. The Morgan fingerprint density at radius 3 is 2.64 bits per heavy atom. The number of methoxy groups -OCH3 is 1. The first-order valence-electron chi connectivity index (χ1n) is 8.09. The molecule has 132 valence electrons. The van der Waals surface area contributed by atoms with Crippen LogP contribution in [-0.2, 0) is 23.3 Å². The van der Waals surface area contributed by atoms with Crippen LogP contribution >= 0.6 is 15.9 Å². The number of imidazole rings is 1. The van der Waals surface area contributed by atoms with Crippen molar-refractivity contribution in [3.63, 3.8) is 0 Å². The van der Waals surface area contributed by atoms with Crippen LogP contribution in [0.25, 0.3) is 5.65 Å². The molecule has 0 aliphatic heterocycles. The average molecular weight is 404 g/mol. The number of hydrogen-bond donors (Lipinski definition) is 1. The van der Waals surface area contributed by atoms with E-state index in [0.717, 1.165) is 33.2 Å². The number of anilines is 1. The lowest BCUT2D eigenvalue weighted by Crippen LogP contribution is -2.18. The summed E-state index contributed by atoms with van der Waals surface area (Å²) >= 11 is 3.47. The second-order valence-corrected chi connectivity index (χ2v) is 7.87. The van der Waals surface area contributed by atoms with Gasteiger partial charge in [0.2, 0.25) is 0 Å². The van der Waals surface area contributed by atoms with Gasteiger partial charge in [0.1, 0.15) is 17.3 Å². The van der Waals surface area contributed by atoms with Crippen molar-refractivity contribution in [1.82, 2.24) is 19.4 Å². The smallest absolute Gasteiger partial charge is 0.137 e. The van der Waals surface area contributed by atoms with Crippen molar-refractivity contribution in [3.05, 3.63) is 52.3 Å². The van der Waals surface area contributed by atoms with Gasteiger partial charge in [-0.3, -0.25) is 0 Å². The van der Waals surface area contributed by atoms with E-state index in [0.29, 0.717) is 13.2 Å². The normalized spacial score (nSPS) is 11.9. The first kappa shape index (κ1) is 17.8. The molecule has 0 aliphatic carbocycles. The van der Waals surface area contributed by atoms with E-state index < -0.39 is 0 Å². The van der Waals surface area contributed by atoms with Gasteiger partial charge in [0, 0.05) is 35.5 Å². The molecule has 3 heterocycles. The molecule has 3 rings (SSSR count). The first-order valence-corrected chi connectivity index (χ1v) is 8.89. The molecule has 7 heteroatoms. The highest BCUT2D eigenvalue weighted by atomic mass is 79.9. The molecule has 0 aromatic carbocycles. The number of fused-ring (bicyclic) bond motifs is 1. The fourth-order valence-electron chi connectivity index (χ4n) is 2.43. The van der Waals surface area contributed by atoms with E-state index in [4.69, 9.17) is 4.74 Å². The molecule has 25 heavy (non-hydrogen) atoms. The maximum atomic E-state index is 5.23. The number of rotatable bonds is 5. The number of halogens is 1. The Bertz CT molecular complexity index is 885. The molecule has 0 atom stereocenters. The van der Waals surface area contributed by atoms with Crippen LogP contribution in [0.1, 0.15) is 38.0 Å². The van der Waals surface area contributed by atoms with Crippen LogP contribution in [0.3, 0.4) is 0 Å². The van der Waals surface area contributed by atoms with Gasteiger partial charge in [0.25, 0.3) is 0 Å². The number of nitrogens with zero attached hydrogens (tertiary/aromatic N) is 4. The van der Waals surface area contributed by atoms with Crippen molar-refractivity contribution in [2.45, 2.75) is 39.3 Å². The molecule has 3 aromatic heterocycles. The van der Waals surface area contributed by atoms with Crippen LogP contribution in [0.2, 0.25) is 0 Å². The Balaban J connectivity index is 1.82. The molecule has 0 bridgehead atoms. The molecule has 0 amide bonds. The Labute approximate surface area is 155 Å². The van der Waals surface area contributed by atoms with Crippen LogP contribution in [0.15, 0.2) is 35.1 Å². The molecule has 0 saturated heterocycles. The van der Waals surface area contributed by atoms with E-state index in [9.17, 15) is 0 Å². The third-order valence-corrected chi connectivity index (χ3v) is 4.13. The lowest BCUT2D eigenvalue weighted by atomic mass is 9.95. The summed E-state index contributed by atoms with van der Waals surface area (Å²) in [4.78, 5) is 13.9. The summed E-state index contributed by atoms with van der Waals surface area (Å²) in [7, 11) is 1.67. The fraction of sp³-hybridized carbons (Fsp3) is 0.389. The zero-order chi connectivity index (χ0) is 18.0. The van der Waals surface area contributed by atoms with E-state index in [1.165, 1.54) is 0 Å². The molecule has 3 aromatic rings. The van der Waals surface area contributed by atoms with Crippen molar-refractivity contribution in [2.75, 3.05) is 12.4 Å². The minimum absolute atomic E-state index is 0.129. The van der Waals surface area contributed by atoms with Crippen molar-refractivity contribution >= 4 is 27.4 Å². The van der Waals surface area contributed by atoms with Crippen LogP contribution < -0.4 is 5.32 Å². The lowest BCUT2D eigenvalue weighted by molar-refractivity contribution is 0.181. The average Bonchev–Trinajstić information content (AvgIpc) is 2.94. The summed E-state index contributed by atoms with van der Waals surface area (Å²) in [6.45, 7) is 7.35. The van der Waals surface area contributed by atoms with Gasteiger partial charge in [0.05, 0.1) is 24.5 Å². The Hall–Kier alpha value is -1.99. The Kier molecular flexibility index (Phi) is 5.06. The van der Waals surface area contributed by atoms with Crippen LogP contribution in [0.4, 0.5) is 5.82 Å². The topological polar surface area (TPSA) is 64.3 Å². The Morgan fingerprint density at radius 1 is 1.12 bits per heavy atom. The van der Waals surface area contributed by atoms with Gasteiger partial charge >= 0.3 is 0 Å². The summed E-state index contributed by atoms with van der Waals surface area (Å²) in [5, 5.41) is 3.35. The molecular weight excluding hydrogens is 382 g/mol. The minimum Gasteiger partial charge on any atom is -0.378 e. The molecule has 6 nitrogen and oxygen atoms in total. The highest BCUT2D eigenvalue weighted by Crippen LogP contribution is 2.21.